The van der Waals surface area contributed by atoms with E-state index in [-0.39, 0.29) is 17.7 Å². The molecule has 1 aliphatic heterocycles. The second-order valence-corrected chi connectivity index (χ2v) is 8.11. The molecule has 164 valence electrons. The summed E-state index contributed by atoms with van der Waals surface area (Å²) < 4.78 is 5.35. The van der Waals surface area contributed by atoms with Crippen molar-refractivity contribution in [1.82, 2.24) is 15.1 Å². The maximum atomic E-state index is 13.0. The number of hydrogen-bond donors (Lipinski definition) is 1. The van der Waals surface area contributed by atoms with E-state index < -0.39 is 12.0 Å². The van der Waals surface area contributed by atoms with Crippen molar-refractivity contribution in [2.45, 2.75) is 19.5 Å². The van der Waals surface area contributed by atoms with Crippen molar-refractivity contribution in [2.75, 3.05) is 27.2 Å². The van der Waals surface area contributed by atoms with Crippen molar-refractivity contribution in [2.24, 2.45) is 0 Å². The zero-order valence-corrected chi connectivity index (χ0v) is 19.2. The third-order valence-corrected chi connectivity index (χ3v) is 5.91. The minimum absolute atomic E-state index is 0.211. The molecule has 2 aromatic carbocycles. The number of halogens is 2. The van der Waals surface area contributed by atoms with E-state index in [4.69, 9.17) is 27.9 Å². The summed E-state index contributed by atoms with van der Waals surface area (Å²) in [5.74, 6) is -0.501. The van der Waals surface area contributed by atoms with Gasteiger partial charge in [-0.25, -0.2) is 9.59 Å². The van der Waals surface area contributed by atoms with Gasteiger partial charge in [-0.2, -0.15) is 0 Å². The molecule has 0 spiro atoms. The summed E-state index contributed by atoms with van der Waals surface area (Å²) in [7, 11) is 3.57. The first-order valence-electron chi connectivity index (χ1n) is 9.94. The number of urea groups is 1. The molecule has 31 heavy (non-hydrogen) atoms. The summed E-state index contributed by atoms with van der Waals surface area (Å²) in [6, 6.07) is 14.0. The van der Waals surface area contributed by atoms with Crippen molar-refractivity contribution in [1.29, 1.82) is 0 Å². The first-order chi connectivity index (χ1) is 14.8. The predicted octanol–water partition coefficient (Wildman–Crippen LogP) is 4.64. The van der Waals surface area contributed by atoms with Gasteiger partial charge in [0.15, 0.2) is 0 Å². The Morgan fingerprint density at radius 3 is 2.52 bits per heavy atom. The molecule has 1 aliphatic rings. The van der Waals surface area contributed by atoms with Crippen LogP contribution in [-0.4, -0.2) is 49.0 Å². The number of hydrogen-bond acceptors (Lipinski definition) is 4. The van der Waals surface area contributed by atoms with Gasteiger partial charge < -0.3 is 10.1 Å². The molecule has 0 aromatic heterocycles. The highest BCUT2D eigenvalue weighted by atomic mass is 35.5. The predicted molar refractivity (Wildman–Crippen MR) is 122 cm³/mol. The largest absolute Gasteiger partial charge is 0.463 e. The molecule has 0 radical (unpaired) electrons. The summed E-state index contributed by atoms with van der Waals surface area (Å²) in [6.45, 7) is 2.97. The van der Waals surface area contributed by atoms with E-state index in [0.717, 1.165) is 5.56 Å². The van der Waals surface area contributed by atoms with Gasteiger partial charge in [0.25, 0.3) is 0 Å². The normalized spacial score (nSPS) is 16.5. The highest BCUT2D eigenvalue weighted by molar-refractivity contribution is 6.42. The smallest absolute Gasteiger partial charge is 0.338 e. The van der Waals surface area contributed by atoms with Crippen LogP contribution in [0.4, 0.5) is 4.79 Å². The molecular weight excluding hydrogens is 437 g/mol. The maximum absolute atomic E-state index is 13.0. The van der Waals surface area contributed by atoms with Gasteiger partial charge in [0.05, 0.1) is 28.3 Å². The zero-order chi connectivity index (χ0) is 22.5. The third-order valence-electron chi connectivity index (χ3n) is 5.08. The zero-order valence-electron chi connectivity index (χ0n) is 17.7. The lowest BCUT2D eigenvalue weighted by molar-refractivity contribution is -0.139. The van der Waals surface area contributed by atoms with Crippen LogP contribution in [0, 0.1) is 0 Å². The quantitative estimate of drug-likeness (QED) is 0.610. The molecular formula is C23H25Cl2N3O3. The summed E-state index contributed by atoms with van der Waals surface area (Å²) in [5, 5.41) is 3.49. The highest BCUT2D eigenvalue weighted by Gasteiger charge is 2.38. The standard InChI is InChI=1S/C23H25Cl2N3O3/c1-4-31-22(29)19-18(14-27(2)13-15-9-6-5-7-10-15)28(3)23(30)26-21(19)16-11-8-12-17(24)20(16)25/h5-12,21H,4,13-14H2,1-3H3,(H,26,30)/t21-/m0/s1. The molecule has 0 bridgehead atoms. The average molecular weight is 462 g/mol. The molecule has 0 aliphatic carbocycles. The van der Waals surface area contributed by atoms with Crippen molar-refractivity contribution in [3.05, 3.63) is 81.0 Å². The molecule has 2 aromatic rings. The summed E-state index contributed by atoms with van der Waals surface area (Å²) >= 11 is 12.6. The molecule has 8 heteroatoms. The van der Waals surface area contributed by atoms with Gasteiger partial charge in [-0.05, 0) is 31.2 Å². The van der Waals surface area contributed by atoms with E-state index in [1.54, 1.807) is 32.2 Å². The van der Waals surface area contributed by atoms with Gasteiger partial charge in [0, 0.05) is 25.8 Å². The van der Waals surface area contributed by atoms with Crippen LogP contribution in [0.5, 0.6) is 0 Å². The number of ether oxygens (including phenoxy) is 1. The number of carbonyl (C=O) groups excluding carboxylic acids is 2. The van der Waals surface area contributed by atoms with E-state index in [2.05, 4.69) is 5.32 Å². The van der Waals surface area contributed by atoms with Crippen LogP contribution in [0.1, 0.15) is 24.1 Å². The molecule has 1 N–H and O–H groups in total. The fraction of sp³-hybridized carbons (Fsp3) is 0.304. The van der Waals surface area contributed by atoms with Crippen LogP contribution < -0.4 is 5.32 Å². The van der Waals surface area contributed by atoms with Crippen LogP contribution in [0.25, 0.3) is 0 Å². The average Bonchev–Trinajstić information content (AvgIpc) is 2.74. The number of carbonyl (C=O) groups is 2. The molecule has 0 saturated heterocycles. The van der Waals surface area contributed by atoms with Gasteiger partial charge in [0.1, 0.15) is 0 Å². The number of esters is 1. The van der Waals surface area contributed by atoms with Gasteiger partial charge in [0.2, 0.25) is 0 Å². The summed E-state index contributed by atoms with van der Waals surface area (Å²) in [6.07, 6.45) is 0. The SMILES string of the molecule is CCOC(=O)C1=C(CN(C)Cc2ccccc2)N(C)C(=O)N[C@H]1c1cccc(Cl)c1Cl. The van der Waals surface area contributed by atoms with Crippen LogP contribution in [-0.2, 0) is 16.1 Å². The monoisotopic (exact) mass is 461 g/mol. The first kappa shape index (κ1) is 23.1. The third kappa shape index (κ3) is 5.21. The van der Waals surface area contributed by atoms with E-state index in [0.29, 0.717) is 34.9 Å². The second-order valence-electron chi connectivity index (χ2n) is 7.32. The molecule has 3 rings (SSSR count). The van der Waals surface area contributed by atoms with Crippen LogP contribution in [0.3, 0.4) is 0 Å². The number of benzene rings is 2. The lowest BCUT2D eigenvalue weighted by Gasteiger charge is -2.36. The molecule has 1 atom stereocenters. The number of nitrogens with zero attached hydrogens (tertiary/aromatic N) is 2. The Hall–Kier alpha value is -2.54. The Balaban J connectivity index is 2.05. The number of rotatable bonds is 7. The molecule has 2 amide bonds. The summed E-state index contributed by atoms with van der Waals surface area (Å²) in [4.78, 5) is 29.3. The van der Waals surface area contributed by atoms with Crippen LogP contribution in [0.15, 0.2) is 59.8 Å². The van der Waals surface area contributed by atoms with Crippen molar-refractivity contribution < 1.29 is 14.3 Å². The highest BCUT2D eigenvalue weighted by Crippen LogP contribution is 2.37. The number of amides is 2. The van der Waals surface area contributed by atoms with Crippen molar-refractivity contribution in [3.63, 3.8) is 0 Å². The van der Waals surface area contributed by atoms with Gasteiger partial charge >= 0.3 is 12.0 Å². The molecule has 0 saturated carbocycles. The van der Waals surface area contributed by atoms with Gasteiger partial charge in [-0.1, -0.05) is 65.7 Å². The van der Waals surface area contributed by atoms with Crippen LogP contribution >= 0.6 is 23.2 Å². The minimum Gasteiger partial charge on any atom is -0.463 e. The van der Waals surface area contributed by atoms with Crippen molar-refractivity contribution >= 4 is 35.2 Å². The van der Waals surface area contributed by atoms with E-state index in [1.165, 1.54) is 4.90 Å². The van der Waals surface area contributed by atoms with E-state index in [9.17, 15) is 9.59 Å². The van der Waals surface area contributed by atoms with E-state index >= 15 is 0 Å². The topological polar surface area (TPSA) is 61.9 Å². The van der Waals surface area contributed by atoms with Gasteiger partial charge in [-0.3, -0.25) is 9.80 Å². The molecule has 1 heterocycles. The Labute approximate surface area is 192 Å². The Bertz CT molecular complexity index is 995. The molecule has 0 unspecified atom stereocenters. The fourth-order valence-electron chi connectivity index (χ4n) is 3.58. The minimum atomic E-state index is -0.769. The lowest BCUT2D eigenvalue weighted by atomic mass is 9.94. The number of nitrogens with one attached hydrogen (secondary N) is 1. The second kappa shape index (κ2) is 10.2. The number of likely N-dealkylation sites (N-methyl/N-ethyl adjacent to an activating group) is 2. The van der Waals surface area contributed by atoms with E-state index in [1.807, 2.05) is 42.3 Å². The maximum Gasteiger partial charge on any atom is 0.338 e. The molecule has 0 fully saturated rings. The lowest BCUT2D eigenvalue weighted by Crippen LogP contribution is -2.49. The first-order valence-corrected chi connectivity index (χ1v) is 10.7. The van der Waals surface area contributed by atoms with Crippen LogP contribution in [0.2, 0.25) is 10.0 Å². The van der Waals surface area contributed by atoms with Crippen molar-refractivity contribution in [3.8, 4) is 0 Å². The van der Waals surface area contributed by atoms with Gasteiger partial charge in [-0.15, -0.1) is 0 Å². The summed E-state index contributed by atoms with van der Waals surface area (Å²) in [5.41, 5.74) is 2.57. The Morgan fingerprint density at radius 2 is 1.84 bits per heavy atom. The molecule has 6 nitrogen and oxygen atoms in total. The Morgan fingerprint density at radius 1 is 1.13 bits per heavy atom. The Kier molecular flexibility index (Phi) is 7.59. The fourth-order valence-corrected chi connectivity index (χ4v) is 4.00.